The molecular weight excluding hydrogens is 387 g/mol. The Morgan fingerprint density at radius 2 is 2.14 bits per heavy atom. The van der Waals surface area contributed by atoms with Crippen molar-refractivity contribution in [2.75, 3.05) is 13.1 Å². The molecule has 0 bridgehead atoms. The molecule has 1 saturated heterocycles. The van der Waals surface area contributed by atoms with E-state index in [4.69, 9.17) is 5.73 Å². The summed E-state index contributed by atoms with van der Waals surface area (Å²) in [5.74, 6) is 0.280. The zero-order valence-corrected chi connectivity index (χ0v) is 15.4. The van der Waals surface area contributed by atoms with Crippen LogP contribution in [0.15, 0.2) is 35.9 Å². The molecule has 3 N–H and O–H groups in total. The summed E-state index contributed by atoms with van der Waals surface area (Å²) in [6.07, 6.45) is 4.43. The molecule has 2 aliphatic heterocycles. The molecule has 2 aliphatic rings. The Morgan fingerprint density at radius 1 is 1.31 bits per heavy atom. The number of nitrogens with one attached hydrogen (secondary N) is 1. The van der Waals surface area contributed by atoms with Gasteiger partial charge in [-0.2, -0.15) is 13.2 Å². The molecule has 0 spiro atoms. The fourth-order valence-electron chi connectivity index (χ4n) is 3.77. The standard InChI is InChI=1S/C18H20F3N7O/c19-18(20,21)13-10-28-12(7-25-16(28)8-24-13)17-23-4-3-15(26-17)27-5-1-2-11(9-27)6-14(22)29/h3-4,7-8,10-11,15H,1-2,5-6,9H2,(H2,22,29)(H,23,26). The first-order valence-electron chi connectivity index (χ1n) is 9.25. The largest absolute Gasteiger partial charge is 0.434 e. The molecule has 1 amide bonds. The number of imidazole rings is 1. The molecule has 154 valence electrons. The summed E-state index contributed by atoms with van der Waals surface area (Å²) in [7, 11) is 0. The second-order valence-electron chi connectivity index (χ2n) is 7.21. The average Bonchev–Trinajstić information content (AvgIpc) is 3.10. The van der Waals surface area contributed by atoms with E-state index in [1.165, 1.54) is 10.6 Å². The molecule has 0 aromatic carbocycles. The smallest absolute Gasteiger partial charge is 0.370 e. The molecule has 29 heavy (non-hydrogen) atoms. The van der Waals surface area contributed by atoms with Crippen molar-refractivity contribution in [2.24, 2.45) is 16.6 Å². The quantitative estimate of drug-likeness (QED) is 0.801. The van der Waals surface area contributed by atoms with Gasteiger partial charge in [0.25, 0.3) is 0 Å². The van der Waals surface area contributed by atoms with E-state index in [-0.39, 0.29) is 18.0 Å². The molecule has 4 rings (SSSR count). The Balaban J connectivity index is 1.61. The molecule has 2 aromatic rings. The number of amides is 1. The molecule has 0 aliphatic carbocycles. The van der Waals surface area contributed by atoms with Crippen molar-refractivity contribution >= 4 is 17.4 Å². The lowest BCUT2D eigenvalue weighted by Gasteiger charge is -2.36. The van der Waals surface area contributed by atoms with E-state index < -0.39 is 11.9 Å². The maximum Gasteiger partial charge on any atom is 0.434 e. The van der Waals surface area contributed by atoms with Crippen LogP contribution in [0.25, 0.3) is 5.65 Å². The van der Waals surface area contributed by atoms with Crippen molar-refractivity contribution in [3.8, 4) is 0 Å². The lowest BCUT2D eigenvalue weighted by molar-refractivity contribution is -0.141. The van der Waals surface area contributed by atoms with E-state index in [1.54, 1.807) is 6.20 Å². The second kappa shape index (κ2) is 7.47. The number of alkyl halides is 3. The minimum absolute atomic E-state index is 0.180. The second-order valence-corrected chi connectivity index (χ2v) is 7.21. The van der Waals surface area contributed by atoms with Gasteiger partial charge < -0.3 is 11.1 Å². The van der Waals surface area contributed by atoms with E-state index in [0.717, 1.165) is 31.8 Å². The number of carbonyl (C=O) groups excluding carboxylic acids is 1. The summed E-state index contributed by atoms with van der Waals surface area (Å²) in [5, 5.41) is 2.99. The molecule has 2 unspecified atom stereocenters. The molecule has 4 heterocycles. The summed E-state index contributed by atoms with van der Waals surface area (Å²) >= 11 is 0. The van der Waals surface area contributed by atoms with Gasteiger partial charge in [-0.15, -0.1) is 0 Å². The average molecular weight is 407 g/mol. The summed E-state index contributed by atoms with van der Waals surface area (Å²) in [6.45, 7) is 1.50. The van der Waals surface area contributed by atoms with Crippen LogP contribution in [0.3, 0.4) is 0 Å². The Hall–Kier alpha value is -2.95. The highest BCUT2D eigenvalue weighted by atomic mass is 19.4. The van der Waals surface area contributed by atoms with Gasteiger partial charge in [-0.1, -0.05) is 0 Å². The molecule has 0 saturated carbocycles. The van der Waals surface area contributed by atoms with E-state index in [2.05, 4.69) is 25.2 Å². The number of nitrogens with zero attached hydrogens (tertiary/aromatic N) is 5. The number of hydrogen-bond donors (Lipinski definition) is 2. The Labute approximate surface area is 164 Å². The number of fused-ring (bicyclic) bond motifs is 1. The van der Waals surface area contributed by atoms with Gasteiger partial charge in [0.1, 0.15) is 11.9 Å². The van der Waals surface area contributed by atoms with Crippen LogP contribution in [0.4, 0.5) is 13.2 Å². The van der Waals surface area contributed by atoms with E-state index in [1.807, 2.05) is 6.08 Å². The van der Waals surface area contributed by atoms with Crippen LogP contribution in [-0.2, 0) is 11.0 Å². The minimum Gasteiger partial charge on any atom is -0.370 e. The topological polar surface area (TPSA) is 101 Å². The monoisotopic (exact) mass is 407 g/mol. The highest BCUT2D eigenvalue weighted by molar-refractivity contribution is 5.99. The molecular formula is C18H20F3N7O. The summed E-state index contributed by atoms with van der Waals surface area (Å²) in [6, 6.07) is 0. The fourth-order valence-corrected chi connectivity index (χ4v) is 3.77. The van der Waals surface area contributed by atoms with Crippen LogP contribution in [0.2, 0.25) is 0 Å². The van der Waals surface area contributed by atoms with Crippen LogP contribution in [0.5, 0.6) is 0 Å². The minimum atomic E-state index is -4.55. The summed E-state index contributed by atoms with van der Waals surface area (Å²) in [5.41, 5.74) is 5.03. The molecule has 1 fully saturated rings. The maximum atomic E-state index is 13.0. The van der Waals surface area contributed by atoms with E-state index in [0.29, 0.717) is 30.1 Å². The van der Waals surface area contributed by atoms with Crippen molar-refractivity contribution < 1.29 is 18.0 Å². The normalized spacial score (nSPS) is 23.1. The van der Waals surface area contributed by atoms with Crippen molar-refractivity contribution in [3.63, 3.8) is 0 Å². The zero-order valence-electron chi connectivity index (χ0n) is 15.4. The zero-order chi connectivity index (χ0) is 20.6. The third-order valence-corrected chi connectivity index (χ3v) is 5.09. The number of aliphatic imine (C=N–C) groups is 1. The van der Waals surface area contributed by atoms with Crippen LogP contribution in [-0.4, -0.2) is 50.3 Å². The van der Waals surface area contributed by atoms with Gasteiger partial charge in [0.15, 0.2) is 17.2 Å². The maximum absolute atomic E-state index is 13.0. The Bertz CT molecular complexity index is 981. The number of halogens is 3. The van der Waals surface area contributed by atoms with Crippen LogP contribution in [0.1, 0.15) is 30.7 Å². The third kappa shape index (κ3) is 4.09. The number of likely N-dealkylation sites (tertiary alicyclic amines) is 1. The predicted molar refractivity (Wildman–Crippen MR) is 98.7 cm³/mol. The number of rotatable bonds is 4. The van der Waals surface area contributed by atoms with Crippen LogP contribution < -0.4 is 11.1 Å². The molecule has 11 heteroatoms. The lowest BCUT2D eigenvalue weighted by atomic mass is 9.94. The van der Waals surface area contributed by atoms with E-state index in [9.17, 15) is 18.0 Å². The van der Waals surface area contributed by atoms with Gasteiger partial charge >= 0.3 is 6.18 Å². The van der Waals surface area contributed by atoms with Crippen molar-refractivity contribution in [3.05, 3.63) is 42.3 Å². The molecule has 2 atom stereocenters. The van der Waals surface area contributed by atoms with Gasteiger partial charge in [-0.05, 0) is 24.8 Å². The van der Waals surface area contributed by atoms with Gasteiger partial charge in [0, 0.05) is 31.9 Å². The first kappa shape index (κ1) is 19.4. The first-order chi connectivity index (χ1) is 13.8. The van der Waals surface area contributed by atoms with Gasteiger partial charge in [0.05, 0.1) is 12.4 Å². The third-order valence-electron chi connectivity index (χ3n) is 5.09. The molecule has 2 aromatic heterocycles. The number of nitrogens with two attached hydrogens (primary N) is 1. The molecule has 8 nitrogen and oxygen atoms in total. The molecule has 0 radical (unpaired) electrons. The number of piperidine rings is 1. The number of amidine groups is 1. The number of carbonyl (C=O) groups is 1. The fraction of sp³-hybridized carbons (Fsp3) is 0.444. The van der Waals surface area contributed by atoms with Gasteiger partial charge in [-0.3, -0.25) is 14.1 Å². The highest BCUT2D eigenvalue weighted by Crippen LogP contribution is 2.28. The van der Waals surface area contributed by atoms with Crippen LogP contribution >= 0.6 is 0 Å². The number of aromatic nitrogens is 3. The first-order valence-corrected chi connectivity index (χ1v) is 9.25. The van der Waals surface area contributed by atoms with Gasteiger partial charge in [0.2, 0.25) is 5.91 Å². The van der Waals surface area contributed by atoms with Crippen molar-refractivity contribution in [1.82, 2.24) is 24.6 Å². The predicted octanol–water partition coefficient (Wildman–Crippen LogP) is 1.53. The highest BCUT2D eigenvalue weighted by Gasteiger charge is 2.33. The summed E-state index contributed by atoms with van der Waals surface area (Å²) < 4.78 is 40.4. The Morgan fingerprint density at radius 3 is 2.90 bits per heavy atom. The van der Waals surface area contributed by atoms with Gasteiger partial charge in [-0.25, -0.2) is 15.0 Å². The Kier molecular flexibility index (Phi) is 4.99. The summed E-state index contributed by atoms with van der Waals surface area (Å²) in [4.78, 5) is 25.6. The van der Waals surface area contributed by atoms with Crippen LogP contribution in [0, 0.1) is 5.92 Å². The van der Waals surface area contributed by atoms with Crippen molar-refractivity contribution in [2.45, 2.75) is 31.6 Å². The SMILES string of the molecule is NC(=O)CC1CCCN(C2C=CNC(c3cnc4cnc(C(F)(F)F)cn34)=N2)C1. The lowest BCUT2D eigenvalue weighted by Crippen LogP contribution is -2.44. The van der Waals surface area contributed by atoms with E-state index >= 15 is 0 Å². The number of primary amides is 1. The number of hydrogen-bond acceptors (Lipinski definition) is 6. The van der Waals surface area contributed by atoms with Crippen molar-refractivity contribution in [1.29, 1.82) is 0 Å².